The summed E-state index contributed by atoms with van der Waals surface area (Å²) in [6.45, 7) is 6.01. The predicted octanol–water partition coefficient (Wildman–Crippen LogP) is 3.79. The number of nitrogens with one attached hydrogen (secondary N) is 1. The monoisotopic (exact) mass is 253 g/mol. The molecule has 2 aromatic rings. The fourth-order valence-electron chi connectivity index (χ4n) is 2.04. The van der Waals surface area contributed by atoms with E-state index < -0.39 is 0 Å². The molecule has 0 saturated carbocycles. The zero-order valence-corrected chi connectivity index (χ0v) is 11.6. The molecular formula is C17H19NO. The number of carbonyl (C=O) groups is 1. The van der Waals surface area contributed by atoms with Crippen molar-refractivity contribution in [2.45, 2.75) is 26.8 Å². The number of carbonyl (C=O) groups excluding carboxylic acids is 1. The molecule has 0 radical (unpaired) electrons. The first-order valence-corrected chi connectivity index (χ1v) is 6.51. The summed E-state index contributed by atoms with van der Waals surface area (Å²) in [6, 6.07) is 15.9. The van der Waals surface area contributed by atoms with Crippen LogP contribution in [0.4, 0.5) is 0 Å². The molecule has 0 aliphatic carbocycles. The van der Waals surface area contributed by atoms with Gasteiger partial charge in [-0.25, -0.2) is 0 Å². The largest absolute Gasteiger partial charge is 0.346 e. The zero-order valence-electron chi connectivity index (χ0n) is 11.6. The van der Waals surface area contributed by atoms with Gasteiger partial charge in [-0.3, -0.25) is 4.79 Å². The lowest BCUT2D eigenvalue weighted by Crippen LogP contribution is -2.27. The van der Waals surface area contributed by atoms with Crippen molar-refractivity contribution >= 4 is 5.91 Å². The molecule has 1 N–H and O–H groups in total. The van der Waals surface area contributed by atoms with E-state index in [1.165, 1.54) is 5.56 Å². The van der Waals surface area contributed by atoms with E-state index >= 15 is 0 Å². The summed E-state index contributed by atoms with van der Waals surface area (Å²) in [5.41, 5.74) is 4.08. The van der Waals surface area contributed by atoms with E-state index in [4.69, 9.17) is 0 Å². The van der Waals surface area contributed by atoms with Gasteiger partial charge < -0.3 is 5.32 Å². The number of amides is 1. The molecule has 0 spiro atoms. The summed E-state index contributed by atoms with van der Waals surface area (Å²) >= 11 is 0. The molecule has 1 atom stereocenters. The van der Waals surface area contributed by atoms with Gasteiger partial charge >= 0.3 is 0 Å². The summed E-state index contributed by atoms with van der Waals surface area (Å²) in [5, 5.41) is 3.03. The summed E-state index contributed by atoms with van der Waals surface area (Å²) in [7, 11) is 0. The number of hydrogen-bond donors (Lipinski definition) is 1. The van der Waals surface area contributed by atoms with Gasteiger partial charge in [-0.2, -0.15) is 0 Å². The lowest BCUT2D eigenvalue weighted by Gasteiger charge is -2.15. The van der Waals surface area contributed by atoms with Crippen molar-refractivity contribution in [3.8, 4) is 0 Å². The third kappa shape index (κ3) is 3.22. The standard InChI is InChI=1S/C17H19NO/c1-12-8-10-15(11-9-12)14(3)18-17(19)16-7-5-4-6-13(16)2/h4-11,14H,1-3H3,(H,18,19)/t14-/m0/s1. The second-order valence-electron chi connectivity index (χ2n) is 4.92. The van der Waals surface area contributed by atoms with Crippen LogP contribution in [0.25, 0.3) is 0 Å². The maximum atomic E-state index is 12.2. The van der Waals surface area contributed by atoms with Crippen LogP contribution in [0.15, 0.2) is 48.5 Å². The minimum atomic E-state index is -0.0221. The molecule has 2 rings (SSSR count). The lowest BCUT2D eigenvalue weighted by molar-refractivity contribution is 0.0939. The molecule has 98 valence electrons. The van der Waals surface area contributed by atoms with Crippen molar-refractivity contribution in [1.29, 1.82) is 0 Å². The van der Waals surface area contributed by atoms with Gasteiger partial charge in [-0.1, -0.05) is 48.0 Å². The highest BCUT2D eigenvalue weighted by molar-refractivity contribution is 5.95. The quantitative estimate of drug-likeness (QED) is 0.885. The smallest absolute Gasteiger partial charge is 0.252 e. The van der Waals surface area contributed by atoms with Gasteiger partial charge in [0.05, 0.1) is 6.04 Å². The summed E-state index contributed by atoms with van der Waals surface area (Å²) in [5.74, 6) is -0.0221. The first kappa shape index (κ1) is 13.3. The highest BCUT2D eigenvalue weighted by atomic mass is 16.1. The van der Waals surface area contributed by atoms with Gasteiger partial charge in [0.25, 0.3) is 5.91 Å². The first-order valence-electron chi connectivity index (χ1n) is 6.51. The first-order chi connectivity index (χ1) is 9.08. The van der Waals surface area contributed by atoms with Crippen LogP contribution in [0.2, 0.25) is 0 Å². The minimum Gasteiger partial charge on any atom is -0.346 e. The molecule has 0 heterocycles. The van der Waals surface area contributed by atoms with Crippen LogP contribution in [-0.4, -0.2) is 5.91 Å². The maximum absolute atomic E-state index is 12.2. The van der Waals surface area contributed by atoms with Gasteiger partial charge in [-0.15, -0.1) is 0 Å². The van der Waals surface area contributed by atoms with Crippen molar-refractivity contribution in [2.75, 3.05) is 0 Å². The predicted molar refractivity (Wildman–Crippen MR) is 78.2 cm³/mol. The topological polar surface area (TPSA) is 29.1 Å². The second-order valence-corrected chi connectivity index (χ2v) is 4.92. The molecule has 0 aliphatic rings. The van der Waals surface area contributed by atoms with Crippen molar-refractivity contribution in [1.82, 2.24) is 5.32 Å². The van der Waals surface area contributed by atoms with Gasteiger partial charge in [0.15, 0.2) is 0 Å². The molecule has 19 heavy (non-hydrogen) atoms. The molecule has 2 aromatic carbocycles. The third-order valence-electron chi connectivity index (χ3n) is 3.31. The van der Waals surface area contributed by atoms with Gasteiger partial charge in [0, 0.05) is 5.56 Å². The van der Waals surface area contributed by atoms with Crippen LogP contribution in [0.1, 0.15) is 40.0 Å². The Hall–Kier alpha value is -2.09. The minimum absolute atomic E-state index is 0.00714. The Bertz CT molecular complexity index is 572. The van der Waals surface area contributed by atoms with Crippen molar-refractivity contribution in [3.63, 3.8) is 0 Å². The summed E-state index contributed by atoms with van der Waals surface area (Å²) in [4.78, 5) is 12.2. The van der Waals surface area contributed by atoms with Crippen molar-refractivity contribution < 1.29 is 4.79 Å². The average Bonchev–Trinajstić information content (AvgIpc) is 2.39. The van der Waals surface area contributed by atoms with Crippen LogP contribution < -0.4 is 5.32 Å². The van der Waals surface area contributed by atoms with Gasteiger partial charge in [0.1, 0.15) is 0 Å². The SMILES string of the molecule is Cc1ccc([C@H](C)NC(=O)c2ccccc2C)cc1. The van der Waals surface area contributed by atoms with E-state index in [0.29, 0.717) is 0 Å². The fourth-order valence-corrected chi connectivity index (χ4v) is 2.04. The van der Waals surface area contributed by atoms with E-state index in [1.54, 1.807) is 0 Å². The van der Waals surface area contributed by atoms with Crippen molar-refractivity contribution in [3.05, 3.63) is 70.8 Å². The normalized spacial score (nSPS) is 11.9. The molecule has 1 amide bonds. The van der Waals surface area contributed by atoms with E-state index in [0.717, 1.165) is 16.7 Å². The molecule has 0 unspecified atom stereocenters. The van der Waals surface area contributed by atoms with Gasteiger partial charge in [0.2, 0.25) is 0 Å². The van der Waals surface area contributed by atoms with Crippen LogP contribution in [-0.2, 0) is 0 Å². The number of hydrogen-bond acceptors (Lipinski definition) is 1. The Morgan fingerprint density at radius 1 is 1.00 bits per heavy atom. The molecule has 0 aliphatic heterocycles. The third-order valence-corrected chi connectivity index (χ3v) is 3.31. The van der Waals surface area contributed by atoms with Gasteiger partial charge in [-0.05, 0) is 38.0 Å². The Morgan fingerprint density at radius 2 is 1.63 bits per heavy atom. The van der Waals surface area contributed by atoms with E-state index in [9.17, 15) is 4.79 Å². The van der Waals surface area contributed by atoms with Crippen LogP contribution in [0.5, 0.6) is 0 Å². The average molecular weight is 253 g/mol. The Balaban J connectivity index is 2.11. The number of aryl methyl sites for hydroxylation is 2. The van der Waals surface area contributed by atoms with E-state index in [2.05, 4.69) is 36.5 Å². The fraction of sp³-hybridized carbons (Fsp3) is 0.235. The van der Waals surface area contributed by atoms with Crippen LogP contribution in [0, 0.1) is 13.8 Å². The van der Waals surface area contributed by atoms with E-state index in [-0.39, 0.29) is 11.9 Å². The highest BCUT2D eigenvalue weighted by Crippen LogP contribution is 2.15. The molecule has 0 bridgehead atoms. The zero-order chi connectivity index (χ0) is 13.8. The summed E-state index contributed by atoms with van der Waals surface area (Å²) in [6.07, 6.45) is 0. The van der Waals surface area contributed by atoms with Crippen LogP contribution >= 0.6 is 0 Å². The molecule has 2 heteroatoms. The number of rotatable bonds is 3. The van der Waals surface area contributed by atoms with Crippen molar-refractivity contribution in [2.24, 2.45) is 0 Å². The second kappa shape index (κ2) is 5.70. The molecule has 0 saturated heterocycles. The molecular weight excluding hydrogens is 234 g/mol. The van der Waals surface area contributed by atoms with Crippen LogP contribution in [0.3, 0.4) is 0 Å². The highest BCUT2D eigenvalue weighted by Gasteiger charge is 2.12. The Labute approximate surface area is 114 Å². The Kier molecular flexibility index (Phi) is 4.00. The summed E-state index contributed by atoms with van der Waals surface area (Å²) < 4.78 is 0. The molecule has 0 aromatic heterocycles. The molecule has 2 nitrogen and oxygen atoms in total. The Morgan fingerprint density at radius 3 is 2.26 bits per heavy atom. The number of benzene rings is 2. The molecule has 0 fully saturated rings. The lowest BCUT2D eigenvalue weighted by atomic mass is 10.0. The maximum Gasteiger partial charge on any atom is 0.252 e. The van der Waals surface area contributed by atoms with E-state index in [1.807, 2.05) is 38.1 Å².